The van der Waals surface area contributed by atoms with Gasteiger partial charge in [0.25, 0.3) is 0 Å². The van der Waals surface area contributed by atoms with Gasteiger partial charge in [0.2, 0.25) is 5.82 Å². The summed E-state index contributed by atoms with van der Waals surface area (Å²) in [5.74, 6) is 3.39. The fraction of sp³-hybridized carbons (Fsp3) is 0.316. The largest absolute Gasteiger partial charge is 0.494 e. The lowest BCUT2D eigenvalue weighted by Gasteiger charge is -2.14. The van der Waals surface area contributed by atoms with Crippen LogP contribution in [0, 0.1) is 6.92 Å². The third-order valence-corrected chi connectivity index (χ3v) is 3.89. The molecular formula is C19H24N6O2. The molecule has 2 aromatic heterocycles. The van der Waals surface area contributed by atoms with Crippen molar-refractivity contribution in [3.63, 3.8) is 0 Å². The van der Waals surface area contributed by atoms with Crippen molar-refractivity contribution in [1.29, 1.82) is 0 Å². The number of aryl methyl sites for hydroxylation is 1. The predicted octanol–water partition coefficient (Wildman–Crippen LogP) is 2.64. The summed E-state index contributed by atoms with van der Waals surface area (Å²) >= 11 is 0. The lowest BCUT2D eigenvalue weighted by molar-refractivity contribution is 0.336. The second-order valence-corrected chi connectivity index (χ2v) is 5.91. The maximum atomic E-state index is 5.72. The molecule has 0 aliphatic rings. The summed E-state index contributed by atoms with van der Waals surface area (Å²) in [6.45, 7) is 5.72. The lowest BCUT2D eigenvalue weighted by atomic mass is 10.1. The van der Waals surface area contributed by atoms with Crippen LogP contribution in [0.3, 0.4) is 0 Å². The van der Waals surface area contributed by atoms with Crippen molar-refractivity contribution in [3.05, 3.63) is 53.5 Å². The van der Waals surface area contributed by atoms with Gasteiger partial charge in [-0.15, -0.1) is 5.10 Å². The minimum atomic E-state index is 0.458. The zero-order valence-electron chi connectivity index (χ0n) is 15.7. The van der Waals surface area contributed by atoms with E-state index in [1.807, 2.05) is 19.1 Å². The average Bonchev–Trinajstić information content (AvgIpc) is 3.35. The molecule has 27 heavy (non-hydrogen) atoms. The number of aromatic amines is 1. The van der Waals surface area contributed by atoms with Crippen LogP contribution in [-0.2, 0) is 13.1 Å². The number of hydrogen-bond acceptors (Lipinski definition) is 5. The molecule has 0 saturated carbocycles. The molecule has 0 bridgehead atoms. The van der Waals surface area contributed by atoms with Crippen molar-refractivity contribution in [2.45, 2.75) is 26.9 Å². The molecule has 3 aromatic rings. The topological polar surface area (TPSA) is 100 Å². The second kappa shape index (κ2) is 8.88. The quantitative estimate of drug-likeness (QED) is 0.438. The minimum absolute atomic E-state index is 0.458. The molecule has 0 unspecified atom stereocenters. The van der Waals surface area contributed by atoms with Gasteiger partial charge in [-0.05, 0) is 37.6 Å². The normalized spacial score (nSPS) is 11.4. The Labute approximate surface area is 158 Å². The van der Waals surface area contributed by atoms with Crippen LogP contribution < -0.4 is 15.4 Å². The number of aliphatic imine (C=N–C) groups is 1. The Morgan fingerprint density at radius 1 is 1.26 bits per heavy atom. The number of H-pyrrole nitrogens is 1. The zero-order valence-corrected chi connectivity index (χ0v) is 15.7. The van der Waals surface area contributed by atoms with E-state index in [1.54, 1.807) is 19.4 Å². The first-order valence-corrected chi connectivity index (χ1v) is 8.81. The highest BCUT2D eigenvalue weighted by atomic mass is 16.5. The monoisotopic (exact) mass is 368 g/mol. The molecule has 0 spiro atoms. The SMILES string of the molecule is CCOc1cc(C)ccc1CNC(=NC)NCc1nc(-c2ccco2)n[nH]1. The fourth-order valence-electron chi connectivity index (χ4n) is 2.56. The van der Waals surface area contributed by atoms with E-state index in [9.17, 15) is 0 Å². The van der Waals surface area contributed by atoms with Crippen LogP contribution >= 0.6 is 0 Å². The molecule has 8 heteroatoms. The number of nitrogens with one attached hydrogen (secondary N) is 3. The van der Waals surface area contributed by atoms with Crippen LogP contribution in [0.25, 0.3) is 11.6 Å². The van der Waals surface area contributed by atoms with Crippen LogP contribution in [0.4, 0.5) is 0 Å². The van der Waals surface area contributed by atoms with Crippen molar-refractivity contribution < 1.29 is 9.15 Å². The maximum Gasteiger partial charge on any atom is 0.216 e. The van der Waals surface area contributed by atoms with Crippen LogP contribution in [0.5, 0.6) is 5.75 Å². The third kappa shape index (κ3) is 4.87. The summed E-state index contributed by atoms with van der Waals surface area (Å²) in [5, 5.41) is 13.5. The summed E-state index contributed by atoms with van der Waals surface area (Å²) in [5.41, 5.74) is 2.24. The molecule has 1 aromatic carbocycles. The number of rotatable bonds is 7. The zero-order chi connectivity index (χ0) is 19.1. The average molecular weight is 368 g/mol. The standard InChI is InChI=1S/C19H24N6O2/c1-4-26-16-10-13(2)7-8-14(16)11-21-19(20-3)22-12-17-23-18(25-24-17)15-6-5-9-27-15/h5-10H,4,11-12H2,1-3H3,(H2,20,21,22)(H,23,24,25). The van der Waals surface area contributed by atoms with E-state index in [4.69, 9.17) is 9.15 Å². The number of hydrogen-bond donors (Lipinski definition) is 3. The van der Waals surface area contributed by atoms with Gasteiger partial charge in [-0.1, -0.05) is 12.1 Å². The highest BCUT2D eigenvalue weighted by Gasteiger charge is 2.09. The molecule has 8 nitrogen and oxygen atoms in total. The van der Waals surface area contributed by atoms with Crippen molar-refractivity contribution in [3.8, 4) is 17.3 Å². The highest BCUT2D eigenvalue weighted by Crippen LogP contribution is 2.20. The third-order valence-electron chi connectivity index (χ3n) is 3.89. The molecule has 0 atom stereocenters. The van der Waals surface area contributed by atoms with E-state index in [0.717, 1.165) is 11.3 Å². The Kier molecular flexibility index (Phi) is 6.09. The van der Waals surface area contributed by atoms with Crippen molar-refractivity contribution in [2.24, 2.45) is 4.99 Å². The highest BCUT2D eigenvalue weighted by molar-refractivity contribution is 5.79. The first kappa shape index (κ1) is 18.5. The van der Waals surface area contributed by atoms with E-state index in [1.165, 1.54) is 5.56 Å². The van der Waals surface area contributed by atoms with Crippen LogP contribution in [0.2, 0.25) is 0 Å². The molecule has 0 amide bonds. The molecule has 2 heterocycles. The van der Waals surface area contributed by atoms with Crippen LogP contribution in [-0.4, -0.2) is 34.8 Å². The molecule has 3 rings (SSSR count). The minimum Gasteiger partial charge on any atom is -0.494 e. The van der Waals surface area contributed by atoms with E-state index in [-0.39, 0.29) is 0 Å². The summed E-state index contributed by atoms with van der Waals surface area (Å²) in [4.78, 5) is 8.64. The Bertz CT molecular complexity index is 886. The summed E-state index contributed by atoms with van der Waals surface area (Å²) in [6, 6.07) is 9.80. The molecular weight excluding hydrogens is 344 g/mol. The smallest absolute Gasteiger partial charge is 0.216 e. The van der Waals surface area contributed by atoms with Crippen LogP contribution in [0.15, 0.2) is 46.0 Å². The van der Waals surface area contributed by atoms with Crippen molar-refractivity contribution in [2.75, 3.05) is 13.7 Å². The van der Waals surface area contributed by atoms with Gasteiger partial charge in [0.1, 0.15) is 11.6 Å². The molecule has 142 valence electrons. The Morgan fingerprint density at radius 2 is 2.11 bits per heavy atom. The van der Waals surface area contributed by atoms with Gasteiger partial charge in [-0.3, -0.25) is 10.1 Å². The molecule has 0 radical (unpaired) electrons. The van der Waals surface area contributed by atoms with Gasteiger partial charge < -0.3 is 19.8 Å². The number of furan rings is 1. The number of nitrogens with zero attached hydrogens (tertiary/aromatic N) is 3. The first-order valence-electron chi connectivity index (χ1n) is 8.81. The number of ether oxygens (including phenoxy) is 1. The van der Waals surface area contributed by atoms with Gasteiger partial charge in [-0.2, -0.15) is 0 Å². The van der Waals surface area contributed by atoms with Crippen molar-refractivity contribution >= 4 is 5.96 Å². The van der Waals surface area contributed by atoms with E-state index in [0.29, 0.717) is 43.1 Å². The second-order valence-electron chi connectivity index (χ2n) is 5.91. The summed E-state index contributed by atoms with van der Waals surface area (Å²) < 4.78 is 11.0. The fourth-order valence-corrected chi connectivity index (χ4v) is 2.56. The van der Waals surface area contributed by atoms with Gasteiger partial charge in [-0.25, -0.2) is 4.98 Å². The Balaban J connectivity index is 1.56. The van der Waals surface area contributed by atoms with Crippen LogP contribution in [0.1, 0.15) is 23.9 Å². The van der Waals surface area contributed by atoms with Gasteiger partial charge in [0.15, 0.2) is 11.7 Å². The number of aromatic nitrogens is 3. The van der Waals surface area contributed by atoms with E-state index < -0.39 is 0 Å². The first-order chi connectivity index (χ1) is 13.2. The van der Waals surface area contributed by atoms with Crippen molar-refractivity contribution in [1.82, 2.24) is 25.8 Å². The van der Waals surface area contributed by atoms with Gasteiger partial charge in [0.05, 0.1) is 19.4 Å². The summed E-state index contributed by atoms with van der Waals surface area (Å²) in [7, 11) is 1.72. The van der Waals surface area contributed by atoms with Gasteiger partial charge >= 0.3 is 0 Å². The molecule has 3 N–H and O–H groups in total. The lowest BCUT2D eigenvalue weighted by Crippen LogP contribution is -2.36. The Morgan fingerprint density at radius 3 is 2.85 bits per heavy atom. The molecule has 0 fully saturated rings. The van der Waals surface area contributed by atoms with E-state index >= 15 is 0 Å². The number of benzene rings is 1. The predicted molar refractivity (Wildman–Crippen MR) is 103 cm³/mol. The maximum absolute atomic E-state index is 5.72. The number of guanidine groups is 1. The molecule has 0 aliphatic heterocycles. The summed E-state index contributed by atoms with van der Waals surface area (Å²) in [6.07, 6.45) is 1.59. The van der Waals surface area contributed by atoms with E-state index in [2.05, 4.69) is 49.9 Å². The molecule has 0 aliphatic carbocycles. The molecule has 0 saturated heterocycles. The Hall–Kier alpha value is -3.29. The van der Waals surface area contributed by atoms with Gasteiger partial charge in [0, 0.05) is 19.2 Å².